The molecule has 0 saturated carbocycles. The molecule has 1 unspecified atom stereocenters. The molecule has 1 atom stereocenters. The second-order valence-electron chi connectivity index (χ2n) is 6.11. The van der Waals surface area contributed by atoms with Crippen LogP contribution in [0.25, 0.3) is 11.6 Å². The Morgan fingerprint density at radius 3 is 2.84 bits per heavy atom. The van der Waals surface area contributed by atoms with Crippen molar-refractivity contribution in [3.8, 4) is 11.6 Å². The Labute approximate surface area is 112 Å². The van der Waals surface area contributed by atoms with Gasteiger partial charge in [-0.3, -0.25) is 0 Å². The van der Waals surface area contributed by atoms with E-state index in [0.717, 1.165) is 29.9 Å². The highest BCUT2D eigenvalue weighted by Crippen LogP contribution is 2.38. The molecule has 0 aliphatic heterocycles. The van der Waals surface area contributed by atoms with Gasteiger partial charge in [0, 0.05) is 42.9 Å². The molecule has 0 saturated heterocycles. The predicted molar refractivity (Wildman–Crippen MR) is 73.3 cm³/mol. The van der Waals surface area contributed by atoms with E-state index in [1.54, 1.807) is 6.20 Å². The number of aromatic nitrogens is 4. The van der Waals surface area contributed by atoms with Crippen LogP contribution in [-0.4, -0.2) is 19.5 Å². The van der Waals surface area contributed by atoms with Crippen molar-refractivity contribution < 1.29 is 0 Å². The van der Waals surface area contributed by atoms with E-state index < -0.39 is 0 Å². The highest BCUT2D eigenvalue weighted by Gasteiger charge is 2.32. The third-order valence-electron chi connectivity index (χ3n) is 3.74. The first kappa shape index (κ1) is 12.3. The molecule has 0 radical (unpaired) electrons. The molecule has 0 amide bonds. The summed E-state index contributed by atoms with van der Waals surface area (Å²) in [6.07, 6.45) is 7.44. The van der Waals surface area contributed by atoms with Gasteiger partial charge in [-0.25, -0.2) is 15.0 Å². The molecule has 100 valence electrons. The maximum Gasteiger partial charge on any atom is 0.196 e. The predicted octanol–water partition coefficient (Wildman–Crippen LogP) is 1.85. The Hall–Kier alpha value is -1.75. The first-order valence-electron chi connectivity index (χ1n) is 6.55. The molecule has 1 aliphatic carbocycles. The first-order chi connectivity index (χ1) is 8.96. The molecule has 0 fully saturated rings. The summed E-state index contributed by atoms with van der Waals surface area (Å²) in [5, 5.41) is 0. The number of fused-ring (bicyclic) bond motifs is 1. The molecule has 5 heteroatoms. The first-order valence-corrected chi connectivity index (χ1v) is 6.55. The maximum absolute atomic E-state index is 6.22. The van der Waals surface area contributed by atoms with E-state index in [2.05, 4.69) is 28.8 Å². The molecular weight excluding hydrogens is 238 g/mol. The normalized spacial score (nSPS) is 21.2. The van der Waals surface area contributed by atoms with Crippen molar-refractivity contribution >= 4 is 0 Å². The Morgan fingerprint density at radius 1 is 1.37 bits per heavy atom. The lowest BCUT2D eigenvalue weighted by atomic mass is 9.74. The fourth-order valence-corrected chi connectivity index (χ4v) is 2.80. The summed E-state index contributed by atoms with van der Waals surface area (Å²) in [6, 6.07) is 0.0363. The van der Waals surface area contributed by atoms with Crippen LogP contribution in [0, 0.1) is 5.41 Å². The summed E-state index contributed by atoms with van der Waals surface area (Å²) in [4.78, 5) is 13.4. The number of hydrogen-bond acceptors (Lipinski definition) is 4. The second kappa shape index (κ2) is 4.13. The van der Waals surface area contributed by atoms with Gasteiger partial charge < -0.3 is 10.3 Å². The molecule has 2 N–H and O–H groups in total. The van der Waals surface area contributed by atoms with Crippen molar-refractivity contribution in [3.05, 3.63) is 29.8 Å². The van der Waals surface area contributed by atoms with E-state index in [-0.39, 0.29) is 11.5 Å². The lowest BCUT2D eigenvalue weighted by Crippen LogP contribution is -2.30. The Bertz CT molecular complexity index is 614. The second-order valence-corrected chi connectivity index (χ2v) is 6.11. The van der Waals surface area contributed by atoms with Crippen LogP contribution in [0.4, 0.5) is 0 Å². The Kier molecular flexibility index (Phi) is 2.67. The number of imidazole rings is 1. The maximum atomic E-state index is 6.22. The number of nitrogens with two attached hydrogens (primary N) is 1. The van der Waals surface area contributed by atoms with Gasteiger partial charge in [0.15, 0.2) is 11.6 Å². The van der Waals surface area contributed by atoms with Crippen LogP contribution in [-0.2, 0) is 13.5 Å². The zero-order chi connectivity index (χ0) is 13.6. The highest BCUT2D eigenvalue weighted by atomic mass is 15.1. The molecule has 0 spiro atoms. The minimum Gasteiger partial charge on any atom is -0.331 e. The van der Waals surface area contributed by atoms with Gasteiger partial charge in [-0.15, -0.1) is 0 Å². The van der Waals surface area contributed by atoms with E-state index in [0.29, 0.717) is 5.82 Å². The van der Waals surface area contributed by atoms with E-state index in [4.69, 9.17) is 5.73 Å². The van der Waals surface area contributed by atoms with Crippen LogP contribution in [0.3, 0.4) is 0 Å². The fourth-order valence-electron chi connectivity index (χ4n) is 2.80. The SMILES string of the molecule is Cn1ccnc1-c1ncc2c(n1)CC(C)(C)CC2N. The zero-order valence-corrected chi connectivity index (χ0v) is 11.6. The van der Waals surface area contributed by atoms with Gasteiger partial charge in [0.1, 0.15) is 0 Å². The summed E-state index contributed by atoms with van der Waals surface area (Å²) < 4.78 is 1.93. The number of nitrogens with zero attached hydrogens (tertiary/aromatic N) is 4. The lowest BCUT2D eigenvalue weighted by molar-refractivity contribution is 0.278. The van der Waals surface area contributed by atoms with Crippen LogP contribution >= 0.6 is 0 Å². The largest absolute Gasteiger partial charge is 0.331 e. The summed E-state index contributed by atoms with van der Waals surface area (Å²) >= 11 is 0. The minimum atomic E-state index is 0.0363. The molecule has 1 aliphatic rings. The monoisotopic (exact) mass is 257 g/mol. The van der Waals surface area contributed by atoms with Gasteiger partial charge in [-0.1, -0.05) is 13.8 Å². The smallest absolute Gasteiger partial charge is 0.196 e. The third kappa shape index (κ3) is 2.14. The molecule has 0 bridgehead atoms. The van der Waals surface area contributed by atoms with Crippen molar-refractivity contribution in [2.75, 3.05) is 0 Å². The van der Waals surface area contributed by atoms with Gasteiger partial charge in [0.2, 0.25) is 0 Å². The molecule has 2 aromatic rings. The quantitative estimate of drug-likeness (QED) is 0.846. The standard InChI is InChI=1S/C14H19N5/c1-14(2)6-10(15)9-8-17-12(18-11(9)7-14)13-16-4-5-19(13)3/h4-5,8,10H,6-7,15H2,1-3H3. The Morgan fingerprint density at radius 2 is 2.16 bits per heavy atom. The zero-order valence-electron chi connectivity index (χ0n) is 11.6. The van der Waals surface area contributed by atoms with E-state index in [9.17, 15) is 0 Å². The van der Waals surface area contributed by atoms with E-state index in [1.807, 2.05) is 24.0 Å². The summed E-state index contributed by atoms with van der Waals surface area (Å²) in [6.45, 7) is 4.47. The van der Waals surface area contributed by atoms with Crippen molar-refractivity contribution in [1.29, 1.82) is 0 Å². The van der Waals surface area contributed by atoms with E-state index >= 15 is 0 Å². The molecule has 0 aromatic carbocycles. The topological polar surface area (TPSA) is 69.6 Å². The van der Waals surface area contributed by atoms with Gasteiger partial charge in [0.05, 0.1) is 0 Å². The lowest BCUT2D eigenvalue weighted by Gasteiger charge is -2.34. The van der Waals surface area contributed by atoms with Crippen molar-refractivity contribution in [2.24, 2.45) is 18.2 Å². The molecule has 5 nitrogen and oxygen atoms in total. The van der Waals surface area contributed by atoms with Gasteiger partial charge in [0.25, 0.3) is 0 Å². The summed E-state index contributed by atoms with van der Waals surface area (Å²) in [5.74, 6) is 1.47. The molecule has 2 aromatic heterocycles. The van der Waals surface area contributed by atoms with Gasteiger partial charge in [-0.05, 0) is 18.3 Å². The third-order valence-corrected chi connectivity index (χ3v) is 3.74. The Balaban J connectivity index is 2.07. The van der Waals surface area contributed by atoms with Gasteiger partial charge >= 0.3 is 0 Å². The number of rotatable bonds is 1. The highest BCUT2D eigenvalue weighted by molar-refractivity contribution is 5.45. The van der Waals surface area contributed by atoms with Crippen LogP contribution < -0.4 is 5.73 Å². The number of hydrogen-bond donors (Lipinski definition) is 1. The van der Waals surface area contributed by atoms with Crippen LogP contribution in [0.2, 0.25) is 0 Å². The molecular formula is C14H19N5. The fraction of sp³-hybridized carbons (Fsp3) is 0.500. The average Bonchev–Trinajstić information content (AvgIpc) is 2.73. The van der Waals surface area contributed by atoms with Crippen LogP contribution in [0.1, 0.15) is 37.6 Å². The molecule has 3 rings (SSSR count). The van der Waals surface area contributed by atoms with Gasteiger partial charge in [-0.2, -0.15) is 0 Å². The van der Waals surface area contributed by atoms with Crippen molar-refractivity contribution in [3.63, 3.8) is 0 Å². The van der Waals surface area contributed by atoms with Crippen LogP contribution in [0.5, 0.6) is 0 Å². The van der Waals surface area contributed by atoms with Crippen LogP contribution in [0.15, 0.2) is 18.6 Å². The summed E-state index contributed by atoms with van der Waals surface area (Å²) in [7, 11) is 1.95. The molecule has 2 heterocycles. The minimum absolute atomic E-state index is 0.0363. The van der Waals surface area contributed by atoms with Crippen molar-refractivity contribution in [1.82, 2.24) is 19.5 Å². The molecule has 19 heavy (non-hydrogen) atoms. The summed E-state index contributed by atoms with van der Waals surface area (Å²) in [5.41, 5.74) is 8.56. The average molecular weight is 257 g/mol. The number of aryl methyl sites for hydroxylation is 1. The van der Waals surface area contributed by atoms with E-state index in [1.165, 1.54) is 0 Å². The van der Waals surface area contributed by atoms with Crippen molar-refractivity contribution in [2.45, 2.75) is 32.7 Å².